The van der Waals surface area contributed by atoms with Gasteiger partial charge in [0.1, 0.15) is 6.04 Å². The van der Waals surface area contributed by atoms with E-state index in [1.165, 1.54) is 36.3 Å². The topological polar surface area (TPSA) is 139 Å². The lowest BCUT2D eigenvalue weighted by Crippen LogP contribution is -2.54. The molecule has 0 aromatic heterocycles. The molecule has 1 saturated heterocycles. The molecule has 2 aliphatic rings. The monoisotopic (exact) mass is 500 g/mol. The second-order valence-corrected chi connectivity index (χ2v) is 10.4. The van der Waals surface area contributed by atoms with Gasteiger partial charge < -0.3 is 15.8 Å². The lowest BCUT2D eigenvalue weighted by atomic mass is 10.1. The first-order valence-electron chi connectivity index (χ1n) is 11.3. The molecule has 0 unspecified atom stereocenters. The number of fused-ring (bicyclic) bond motifs is 1. The first-order valence-corrected chi connectivity index (χ1v) is 12.8. The Morgan fingerprint density at radius 2 is 1.80 bits per heavy atom. The number of ether oxygens (including phenoxy) is 1. The van der Waals surface area contributed by atoms with Gasteiger partial charge in [0.25, 0.3) is 5.91 Å². The van der Waals surface area contributed by atoms with Crippen LogP contribution in [0.5, 0.6) is 0 Å². The number of nitrogens with one attached hydrogen (secondary N) is 1. The van der Waals surface area contributed by atoms with Crippen LogP contribution in [0, 0.1) is 0 Å². The Bertz CT molecular complexity index is 1230. The smallest absolute Gasteiger partial charge is 0.296 e. The van der Waals surface area contributed by atoms with E-state index in [1.807, 2.05) is 0 Å². The van der Waals surface area contributed by atoms with E-state index in [9.17, 15) is 22.8 Å². The highest BCUT2D eigenvalue weighted by atomic mass is 32.2. The Hall–Kier alpha value is -3.28. The maximum Gasteiger partial charge on any atom is 0.296 e. The van der Waals surface area contributed by atoms with Gasteiger partial charge in [-0.15, -0.1) is 0 Å². The second-order valence-electron chi connectivity index (χ2n) is 8.51. The summed E-state index contributed by atoms with van der Waals surface area (Å²) in [6.45, 7) is 0.681. The van der Waals surface area contributed by atoms with Crippen molar-refractivity contribution < 1.29 is 27.5 Å². The first kappa shape index (κ1) is 24.8. The SMILES string of the molecule is COCCNC(=O)[C@@H]1Cc2ccccc2N1C(=O)C(=O)[C@@H]1CCCN1S(=O)(=O)c1ccc(N)cc1. The summed E-state index contributed by atoms with van der Waals surface area (Å²) < 4.78 is 32.6. The lowest BCUT2D eigenvalue weighted by molar-refractivity contribution is -0.139. The largest absolute Gasteiger partial charge is 0.399 e. The molecule has 0 radical (unpaired) electrons. The number of hydrogen-bond donors (Lipinski definition) is 2. The molecule has 2 atom stereocenters. The molecule has 0 saturated carbocycles. The number of carbonyl (C=O) groups excluding carboxylic acids is 3. The zero-order valence-corrected chi connectivity index (χ0v) is 20.2. The van der Waals surface area contributed by atoms with Crippen LogP contribution in [0.3, 0.4) is 0 Å². The minimum absolute atomic E-state index is 0.000708. The molecule has 10 nitrogen and oxygen atoms in total. The van der Waals surface area contributed by atoms with Crippen LogP contribution in [0.4, 0.5) is 11.4 Å². The summed E-state index contributed by atoms with van der Waals surface area (Å²) in [6.07, 6.45) is 0.917. The van der Waals surface area contributed by atoms with Gasteiger partial charge in [-0.25, -0.2) is 8.42 Å². The van der Waals surface area contributed by atoms with Crippen molar-refractivity contribution in [3.63, 3.8) is 0 Å². The van der Waals surface area contributed by atoms with Gasteiger partial charge in [0.2, 0.25) is 21.7 Å². The number of sulfonamides is 1. The summed E-state index contributed by atoms with van der Waals surface area (Å²) in [6, 6.07) is 10.6. The molecule has 0 bridgehead atoms. The number of nitrogens with two attached hydrogens (primary N) is 1. The quantitative estimate of drug-likeness (QED) is 0.309. The third kappa shape index (κ3) is 4.79. The van der Waals surface area contributed by atoms with Crippen molar-refractivity contribution in [1.29, 1.82) is 0 Å². The maximum atomic E-state index is 13.5. The number of ketones is 1. The molecule has 0 spiro atoms. The Labute approximate surface area is 204 Å². The number of amides is 2. The summed E-state index contributed by atoms with van der Waals surface area (Å²) in [7, 11) is -2.51. The van der Waals surface area contributed by atoms with Crippen LogP contribution in [0.15, 0.2) is 53.4 Å². The Morgan fingerprint density at radius 3 is 2.51 bits per heavy atom. The zero-order valence-electron chi connectivity index (χ0n) is 19.3. The minimum Gasteiger partial charge on any atom is -0.399 e. The van der Waals surface area contributed by atoms with E-state index in [2.05, 4.69) is 5.32 Å². The first-order chi connectivity index (χ1) is 16.8. The third-order valence-corrected chi connectivity index (χ3v) is 8.23. The standard InChI is InChI=1S/C24H28N4O6S/c1-34-14-12-26-23(30)21-15-16-5-2-3-6-19(16)28(21)24(31)22(29)20-7-4-13-27(20)35(32,33)18-10-8-17(25)9-11-18/h2-3,5-6,8-11,20-21H,4,7,12-15,25H2,1H3,(H,26,30)/t20-,21-/m0/s1. The maximum absolute atomic E-state index is 13.5. The molecule has 2 aromatic rings. The lowest BCUT2D eigenvalue weighted by Gasteiger charge is -2.28. The van der Waals surface area contributed by atoms with E-state index in [1.54, 1.807) is 24.3 Å². The Balaban J connectivity index is 1.60. The van der Waals surface area contributed by atoms with Crippen LogP contribution < -0.4 is 16.0 Å². The highest BCUT2D eigenvalue weighted by molar-refractivity contribution is 7.89. The number of para-hydroxylation sites is 1. The van der Waals surface area contributed by atoms with E-state index >= 15 is 0 Å². The summed E-state index contributed by atoms with van der Waals surface area (Å²) in [5.74, 6) is -2.16. The van der Waals surface area contributed by atoms with Crippen molar-refractivity contribution in [2.45, 2.75) is 36.2 Å². The molecule has 11 heteroatoms. The van der Waals surface area contributed by atoms with Crippen molar-refractivity contribution in [2.24, 2.45) is 0 Å². The van der Waals surface area contributed by atoms with Crippen molar-refractivity contribution >= 4 is 39.0 Å². The van der Waals surface area contributed by atoms with Gasteiger partial charge in [-0.05, 0) is 48.7 Å². The summed E-state index contributed by atoms with van der Waals surface area (Å²) in [5, 5.41) is 2.73. The fourth-order valence-corrected chi connectivity index (χ4v) is 6.22. The number of hydrogen-bond acceptors (Lipinski definition) is 7. The fraction of sp³-hybridized carbons (Fsp3) is 0.375. The van der Waals surface area contributed by atoms with E-state index in [0.29, 0.717) is 24.4 Å². The van der Waals surface area contributed by atoms with Crippen molar-refractivity contribution in [2.75, 3.05) is 37.4 Å². The molecule has 2 aliphatic heterocycles. The van der Waals surface area contributed by atoms with Crippen molar-refractivity contribution in [3.05, 3.63) is 54.1 Å². The van der Waals surface area contributed by atoms with E-state index in [4.69, 9.17) is 10.5 Å². The van der Waals surface area contributed by atoms with Crippen LogP contribution in [0.2, 0.25) is 0 Å². The van der Waals surface area contributed by atoms with Gasteiger partial charge in [-0.3, -0.25) is 19.3 Å². The summed E-state index contributed by atoms with van der Waals surface area (Å²) in [4.78, 5) is 41.1. The number of anilines is 2. The summed E-state index contributed by atoms with van der Waals surface area (Å²) >= 11 is 0. The molecule has 2 heterocycles. The van der Waals surface area contributed by atoms with Gasteiger partial charge >= 0.3 is 0 Å². The molecule has 2 amide bonds. The Morgan fingerprint density at radius 1 is 1.09 bits per heavy atom. The van der Waals surface area contributed by atoms with Gasteiger partial charge in [0.05, 0.1) is 17.5 Å². The summed E-state index contributed by atoms with van der Waals surface area (Å²) in [5.41, 5.74) is 7.32. The van der Waals surface area contributed by atoms with Gasteiger partial charge in [0, 0.05) is 38.0 Å². The molecule has 186 valence electrons. The zero-order chi connectivity index (χ0) is 25.2. The predicted octanol–water partition coefficient (Wildman–Crippen LogP) is 0.712. The number of carbonyl (C=O) groups is 3. The van der Waals surface area contributed by atoms with Crippen LogP contribution in [0.25, 0.3) is 0 Å². The number of methoxy groups -OCH3 is 1. The van der Waals surface area contributed by atoms with Crippen molar-refractivity contribution in [1.82, 2.24) is 9.62 Å². The average molecular weight is 501 g/mol. The van der Waals surface area contributed by atoms with Crippen LogP contribution in [-0.4, -0.2) is 69.2 Å². The number of benzene rings is 2. The Kier molecular flexibility index (Phi) is 7.20. The number of rotatable bonds is 8. The molecular formula is C24H28N4O6S. The molecular weight excluding hydrogens is 472 g/mol. The second kappa shape index (κ2) is 10.1. The van der Waals surface area contributed by atoms with Crippen molar-refractivity contribution in [3.8, 4) is 0 Å². The molecule has 35 heavy (non-hydrogen) atoms. The molecule has 1 fully saturated rings. The number of nitrogens with zero attached hydrogens (tertiary/aromatic N) is 2. The highest BCUT2D eigenvalue weighted by Gasteiger charge is 2.46. The average Bonchev–Trinajstić information content (AvgIpc) is 3.49. The molecule has 4 rings (SSSR count). The van der Waals surface area contributed by atoms with Gasteiger partial charge in [-0.2, -0.15) is 4.31 Å². The van der Waals surface area contributed by atoms with E-state index < -0.39 is 39.7 Å². The van der Waals surface area contributed by atoms with Crippen LogP contribution >= 0.6 is 0 Å². The minimum atomic E-state index is -4.02. The predicted molar refractivity (Wildman–Crippen MR) is 129 cm³/mol. The highest BCUT2D eigenvalue weighted by Crippen LogP contribution is 2.34. The van der Waals surface area contributed by atoms with Gasteiger partial charge in [-0.1, -0.05) is 18.2 Å². The molecule has 3 N–H and O–H groups in total. The number of Topliss-reactive ketones (excluding diaryl/α,β-unsaturated/α-hetero) is 1. The van der Waals surface area contributed by atoms with Gasteiger partial charge in [0.15, 0.2) is 0 Å². The van der Waals surface area contributed by atoms with E-state index in [-0.39, 0.29) is 30.8 Å². The normalized spacial score (nSPS) is 20.0. The van der Waals surface area contributed by atoms with Crippen LogP contribution in [-0.2, 0) is 35.6 Å². The number of nitrogen functional groups attached to an aromatic ring is 1. The van der Waals surface area contributed by atoms with E-state index in [0.717, 1.165) is 9.87 Å². The van der Waals surface area contributed by atoms with Crippen LogP contribution in [0.1, 0.15) is 18.4 Å². The fourth-order valence-electron chi connectivity index (χ4n) is 4.57. The molecule has 0 aliphatic carbocycles. The third-order valence-electron chi connectivity index (χ3n) is 6.31. The molecule has 2 aromatic carbocycles.